The van der Waals surface area contributed by atoms with Crippen molar-refractivity contribution in [3.05, 3.63) is 12.7 Å². The molecule has 0 saturated carbocycles. The van der Waals surface area contributed by atoms with Gasteiger partial charge in [0.1, 0.15) is 5.60 Å². The zero-order valence-electron chi connectivity index (χ0n) is 8.34. The summed E-state index contributed by atoms with van der Waals surface area (Å²) < 4.78 is 5.46. The summed E-state index contributed by atoms with van der Waals surface area (Å²) in [5.74, 6) is 0.256. The minimum absolute atomic E-state index is 0.256. The first-order valence-corrected chi connectivity index (χ1v) is 4.97. The third kappa shape index (κ3) is 2.66. The molecule has 13 heavy (non-hydrogen) atoms. The average Bonchev–Trinajstić information content (AvgIpc) is 2.54. The molecule has 0 radical (unpaired) electrons. The van der Waals surface area contributed by atoms with Crippen molar-refractivity contribution in [1.82, 2.24) is 0 Å². The van der Waals surface area contributed by atoms with Crippen molar-refractivity contribution in [2.45, 2.75) is 44.6 Å². The van der Waals surface area contributed by atoms with Crippen molar-refractivity contribution in [3.8, 4) is 0 Å². The molecule has 2 heteroatoms. The van der Waals surface area contributed by atoms with Gasteiger partial charge in [-0.2, -0.15) is 0 Å². The van der Waals surface area contributed by atoms with Crippen molar-refractivity contribution in [2.24, 2.45) is 0 Å². The zero-order valence-corrected chi connectivity index (χ0v) is 8.34. The number of hydrogen-bond acceptors (Lipinski definition) is 2. The van der Waals surface area contributed by atoms with Crippen LogP contribution in [0.4, 0.5) is 0 Å². The number of hydrogen-bond donors (Lipinski definition) is 0. The Hall–Kier alpha value is -0.630. The Kier molecular flexibility index (Phi) is 3.67. The summed E-state index contributed by atoms with van der Waals surface area (Å²) >= 11 is 0. The summed E-state index contributed by atoms with van der Waals surface area (Å²) in [4.78, 5) is 11.7. The predicted octanol–water partition coefficient (Wildman–Crippen LogP) is 2.48. The van der Waals surface area contributed by atoms with Gasteiger partial charge < -0.3 is 4.74 Å². The van der Waals surface area contributed by atoms with E-state index >= 15 is 0 Å². The molecule has 0 aromatic carbocycles. The summed E-state index contributed by atoms with van der Waals surface area (Å²) in [6.07, 6.45) is 6.21. The van der Waals surface area contributed by atoms with Crippen LogP contribution in [0, 0.1) is 0 Å². The maximum atomic E-state index is 11.7. The van der Waals surface area contributed by atoms with Crippen molar-refractivity contribution in [1.29, 1.82) is 0 Å². The van der Waals surface area contributed by atoms with E-state index in [1.807, 2.05) is 13.0 Å². The van der Waals surface area contributed by atoms with Crippen LogP contribution >= 0.6 is 0 Å². The van der Waals surface area contributed by atoms with E-state index in [4.69, 9.17) is 4.74 Å². The molecule has 2 nitrogen and oxygen atoms in total. The highest BCUT2D eigenvalue weighted by atomic mass is 16.5. The molecule has 0 aromatic heterocycles. The molecule has 0 N–H and O–H groups in total. The fourth-order valence-electron chi connectivity index (χ4n) is 1.67. The Bertz CT molecular complexity index is 190. The molecule has 1 aliphatic rings. The SMILES string of the molecule is C=CCCCC(=O)[C@@]1(C)CCCO1. The van der Waals surface area contributed by atoms with E-state index in [9.17, 15) is 4.79 Å². The van der Waals surface area contributed by atoms with Gasteiger partial charge in [-0.05, 0) is 32.6 Å². The standard InChI is InChI=1S/C11H18O2/c1-3-4-5-7-10(12)11(2)8-6-9-13-11/h3H,1,4-9H2,2H3/t11-/m1/s1. The van der Waals surface area contributed by atoms with Gasteiger partial charge in [0.25, 0.3) is 0 Å². The van der Waals surface area contributed by atoms with E-state index in [-0.39, 0.29) is 5.78 Å². The fourth-order valence-corrected chi connectivity index (χ4v) is 1.67. The second kappa shape index (κ2) is 4.56. The first kappa shape index (κ1) is 10.5. The average molecular weight is 182 g/mol. The summed E-state index contributed by atoms with van der Waals surface area (Å²) in [5.41, 5.74) is -0.471. The van der Waals surface area contributed by atoms with E-state index in [0.717, 1.165) is 32.3 Å². The smallest absolute Gasteiger partial charge is 0.164 e. The lowest BCUT2D eigenvalue weighted by molar-refractivity contribution is -0.137. The van der Waals surface area contributed by atoms with Gasteiger partial charge >= 0.3 is 0 Å². The first-order valence-electron chi connectivity index (χ1n) is 4.97. The second-order valence-electron chi connectivity index (χ2n) is 3.79. The van der Waals surface area contributed by atoms with Gasteiger partial charge in [-0.1, -0.05) is 6.08 Å². The zero-order chi connectivity index (χ0) is 9.73. The monoisotopic (exact) mass is 182 g/mol. The van der Waals surface area contributed by atoms with E-state index in [1.165, 1.54) is 0 Å². The molecule has 0 spiro atoms. The van der Waals surface area contributed by atoms with Gasteiger partial charge in [-0.3, -0.25) is 4.79 Å². The van der Waals surface area contributed by atoms with Gasteiger partial charge in [-0.15, -0.1) is 6.58 Å². The third-order valence-electron chi connectivity index (χ3n) is 2.62. The van der Waals surface area contributed by atoms with E-state index < -0.39 is 5.60 Å². The van der Waals surface area contributed by atoms with Gasteiger partial charge in [0, 0.05) is 13.0 Å². The highest BCUT2D eigenvalue weighted by Crippen LogP contribution is 2.27. The molecule has 1 atom stereocenters. The number of ketones is 1. The summed E-state index contributed by atoms with van der Waals surface area (Å²) in [7, 11) is 0. The van der Waals surface area contributed by atoms with Crippen LogP contribution in [0.15, 0.2) is 12.7 Å². The summed E-state index contributed by atoms with van der Waals surface area (Å²) in [6.45, 7) is 6.28. The molecule has 1 heterocycles. The van der Waals surface area contributed by atoms with Gasteiger partial charge in [-0.25, -0.2) is 0 Å². The maximum Gasteiger partial charge on any atom is 0.164 e. The Labute approximate surface area is 80.0 Å². The summed E-state index contributed by atoms with van der Waals surface area (Å²) in [6, 6.07) is 0. The highest BCUT2D eigenvalue weighted by Gasteiger charge is 2.36. The Morgan fingerprint density at radius 3 is 3.00 bits per heavy atom. The number of carbonyl (C=O) groups excluding carboxylic acids is 1. The molecule has 1 aliphatic heterocycles. The number of rotatable bonds is 5. The predicted molar refractivity (Wildman–Crippen MR) is 52.6 cm³/mol. The Morgan fingerprint density at radius 2 is 2.46 bits per heavy atom. The Balaban J connectivity index is 2.33. The lowest BCUT2D eigenvalue weighted by Crippen LogP contribution is -2.34. The number of Topliss-reactive ketones (excluding diaryl/α,β-unsaturated/α-hetero) is 1. The lowest BCUT2D eigenvalue weighted by atomic mass is 9.94. The number of unbranched alkanes of at least 4 members (excludes halogenated alkanes) is 1. The fraction of sp³-hybridized carbons (Fsp3) is 0.727. The molecule has 1 saturated heterocycles. The summed E-state index contributed by atoms with van der Waals surface area (Å²) in [5, 5.41) is 0. The largest absolute Gasteiger partial charge is 0.368 e. The van der Waals surface area contributed by atoms with Crippen LogP contribution in [0.1, 0.15) is 39.0 Å². The topological polar surface area (TPSA) is 26.3 Å². The molecule has 0 aliphatic carbocycles. The van der Waals surface area contributed by atoms with Crippen molar-refractivity contribution in [3.63, 3.8) is 0 Å². The number of allylic oxidation sites excluding steroid dienone is 1. The minimum atomic E-state index is -0.471. The molecular weight excluding hydrogens is 164 g/mol. The van der Waals surface area contributed by atoms with E-state index in [2.05, 4.69) is 6.58 Å². The molecule has 0 aromatic rings. The quantitative estimate of drug-likeness (QED) is 0.482. The molecular formula is C11H18O2. The van der Waals surface area contributed by atoms with Crippen LogP contribution in [0.2, 0.25) is 0 Å². The van der Waals surface area contributed by atoms with Gasteiger partial charge in [0.15, 0.2) is 5.78 Å². The highest BCUT2D eigenvalue weighted by molar-refractivity contribution is 5.87. The van der Waals surface area contributed by atoms with Crippen LogP contribution in [0.25, 0.3) is 0 Å². The normalized spacial score (nSPS) is 27.5. The van der Waals surface area contributed by atoms with Crippen LogP contribution in [-0.2, 0) is 9.53 Å². The number of ether oxygens (including phenoxy) is 1. The molecule has 74 valence electrons. The second-order valence-corrected chi connectivity index (χ2v) is 3.79. The molecule has 0 amide bonds. The maximum absolute atomic E-state index is 11.7. The van der Waals surface area contributed by atoms with Gasteiger partial charge in [0.2, 0.25) is 0 Å². The third-order valence-corrected chi connectivity index (χ3v) is 2.62. The van der Waals surface area contributed by atoms with Crippen LogP contribution < -0.4 is 0 Å². The molecule has 1 fully saturated rings. The molecule has 0 bridgehead atoms. The van der Waals surface area contributed by atoms with Crippen LogP contribution in [-0.4, -0.2) is 18.0 Å². The lowest BCUT2D eigenvalue weighted by Gasteiger charge is -2.20. The Morgan fingerprint density at radius 1 is 1.69 bits per heavy atom. The first-order chi connectivity index (χ1) is 6.19. The molecule has 0 unspecified atom stereocenters. The van der Waals surface area contributed by atoms with E-state index in [0.29, 0.717) is 6.42 Å². The minimum Gasteiger partial charge on any atom is -0.368 e. The van der Waals surface area contributed by atoms with Gasteiger partial charge in [0.05, 0.1) is 0 Å². The van der Waals surface area contributed by atoms with Crippen LogP contribution in [0.5, 0.6) is 0 Å². The van der Waals surface area contributed by atoms with Crippen molar-refractivity contribution >= 4 is 5.78 Å². The van der Waals surface area contributed by atoms with Crippen molar-refractivity contribution < 1.29 is 9.53 Å². The molecule has 1 rings (SSSR count). The van der Waals surface area contributed by atoms with E-state index in [1.54, 1.807) is 0 Å². The van der Waals surface area contributed by atoms with Crippen LogP contribution in [0.3, 0.4) is 0 Å². The van der Waals surface area contributed by atoms with Crippen molar-refractivity contribution in [2.75, 3.05) is 6.61 Å². The number of carbonyl (C=O) groups is 1.